The predicted molar refractivity (Wildman–Crippen MR) is 52.2 cm³/mol. The van der Waals surface area contributed by atoms with E-state index in [-0.39, 0.29) is 0 Å². The van der Waals surface area contributed by atoms with E-state index in [1.54, 1.807) is 5.38 Å². The Morgan fingerprint density at radius 2 is 2.08 bits per heavy atom. The van der Waals surface area contributed by atoms with Crippen LogP contribution in [-0.2, 0) is 4.79 Å². The van der Waals surface area contributed by atoms with E-state index in [4.69, 9.17) is 0 Å². The van der Waals surface area contributed by atoms with E-state index < -0.39 is 5.78 Å². The Morgan fingerprint density at radius 3 is 2.85 bits per heavy atom. The molecule has 0 amide bonds. The van der Waals surface area contributed by atoms with Gasteiger partial charge in [0.25, 0.3) is 0 Å². The van der Waals surface area contributed by atoms with Gasteiger partial charge < -0.3 is 0 Å². The third kappa shape index (κ3) is 1.27. The molecule has 2 rings (SSSR count). The number of fused-ring (bicyclic) bond motifs is 1. The predicted octanol–water partition coefficient (Wildman–Crippen LogP) is 2.28. The maximum atomic E-state index is 11.1. The fourth-order valence-electron chi connectivity index (χ4n) is 1.23. The second kappa shape index (κ2) is 3.11. The molecule has 64 valence electrons. The summed E-state index contributed by atoms with van der Waals surface area (Å²) in [6.45, 7) is 0. The summed E-state index contributed by atoms with van der Waals surface area (Å²) in [5, 5.41) is 2.59. The molecule has 3 heteroatoms. The van der Waals surface area contributed by atoms with Gasteiger partial charge in [-0.05, 0) is 6.07 Å². The molecule has 1 aromatic heterocycles. The van der Waals surface area contributed by atoms with E-state index in [1.165, 1.54) is 11.3 Å². The Morgan fingerprint density at radius 1 is 1.31 bits per heavy atom. The Labute approximate surface area is 78.8 Å². The molecule has 0 aliphatic carbocycles. The average molecular weight is 190 g/mol. The van der Waals surface area contributed by atoms with Crippen LogP contribution in [0.25, 0.3) is 10.1 Å². The Hall–Kier alpha value is -1.48. The number of ketones is 1. The highest BCUT2D eigenvalue weighted by atomic mass is 32.1. The highest BCUT2D eigenvalue weighted by Gasteiger charge is 2.09. The van der Waals surface area contributed by atoms with E-state index in [9.17, 15) is 9.59 Å². The fourth-order valence-corrected chi connectivity index (χ4v) is 2.18. The number of Topliss-reactive ketones (excluding diaryl/α,β-unsaturated/α-hetero) is 1. The van der Waals surface area contributed by atoms with Crippen LogP contribution in [0.3, 0.4) is 0 Å². The molecule has 0 aliphatic heterocycles. The first-order valence-electron chi connectivity index (χ1n) is 3.78. The molecule has 0 spiro atoms. The summed E-state index contributed by atoms with van der Waals surface area (Å²) in [5.41, 5.74) is 0.510. The number of hydrogen-bond acceptors (Lipinski definition) is 3. The van der Waals surface area contributed by atoms with Gasteiger partial charge in [-0.2, -0.15) is 0 Å². The average Bonchev–Trinajstić information content (AvgIpc) is 2.60. The summed E-state index contributed by atoms with van der Waals surface area (Å²) < 4.78 is 1.03. The van der Waals surface area contributed by atoms with Crippen molar-refractivity contribution in [2.75, 3.05) is 0 Å². The van der Waals surface area contributed by atoms with Gasteiger partial charge >= 0.3 is 0 Å². The third-order valence-corrected chi connectivity index (χ3v) is 2.82. The topological polar surface area (TPSA) is 34.1 Å². The van der Waals surface area contributed by atoms with Crippen molar-refractivity contribution in [3.05, 3.63) is 35.2 Å². The van der Waals surface area contributed by atoms with Gasteiger partial charge in [0.1, 0.15) is 0 Å². The van der Waals surface area contributed by atoms with E-state index in [2.05, 4.69) is 0 Å². The summed E-state index contributed by atoms with van der Waals surface area (Å²) >= 11 is 1.48. The third-order valence-electron chi connectivity index (χ3n) is 1.85. The minimum Gasteiger partial charge on any atom is -0.294 e. The first kappa shape index (κ1) is 8.13. The zero-order chi connectivity index (χ0) is 9.26. The zero-order valence-corrected chi connectivity index (χ0v) is 7.51. The highest BCUT2D eigenvalue weighted by molar-refractivity contribution is 7.17. The van der Waals surface area contributed by atoms with E-state index in [0.717, 1.165) is 10.1 Å². The minimum absolute atomic E-state index is 0.356. The van der Waals surface area contributed by atoms with Crippen molar-refractivity contribution >= 4 is 33.5 Å². The molecule has 0 atom stereocenters. The molecule has 0 N–H and O–H groups in total. The number of carbonyl (C=O) groups is 2. The maximum absolute atomic E-state index is 11.1. The van der Waals surface area contributed by atoms with Gasteiger partial charge in [-0.25, -0.2) is 0 Å². The first-order chi connectivity index (χ1) is 6.33. The quantitative estimate of drug-likeness (QED) is 0.413. The van der Waals surface area contributed by atoms with E-state index in [0.29, 0.717) is 11.8 Å². The van der Waals surface area contributed by atoms with Crippen LogP contribution in [0.5, 0.6) is 0 Å². The Kier molecular flexibility index (Phi) is 1.94. The SMILES string of the molecule is O=CC(=O)c1csc2ccccc12. The molecule has 13 heavy (non-hydrogen) atoms. The zero-order valence-electron chi connectivity index (χ0n) is 6.69. The molecule has 2 nitrogen and oxygen atoms in total. The van der Waals surface area contributed by atoms with Crippen LogP contribution in [0.2, 0.25) is 0 Å². The second-order valence-corrected chi connectivity index (χ2v) is 3.54. The van der Waals surface area contributed by atoms with Gasteiger partial charge in [-0.15, -0.1) is 11.3 Å². The summed E-state index contributed by atoms with van der Waals surface area (Å²) in [4.78, 5) is 21.4. The van der Waals surface area contributed by atoms with Gasteiger partial charge in [-0.3, -0.25) is 9.59 Å². The number of carbonyl (C=O) groups excluding carboxylic acids is 2. The number of rotatable bonds is 2. The first-order valence-corrected chi connectivity index (χ1v) is 4.66. The van der Waals surface area contributed by atoms with Crippen molar-refractivity contribution < 1.29 is 9.59 Å². The fraction of sp³-hybridized carbons (Fsp3) is 0. The largest absolute Gasteiger partial charge is 0.294 e. The van der Waals surface area contributed by atoms with Crippen molar-refractivity contribution in [2.45, 2.75) is 0 Å². The molecule has 1 aromatic carbocycles. The second-order valence-electron chi connectivity index (χ2n) is 2.63. The van der Waals surface area contributed by atoms with Crippen molar-refractivity contribution in [1.82, 2.24) is 0 Å². The van der Waals surface area contributed by atoms with Crippen LogP contribution in [0.15, 0.2) is 29.6 Å². The summed E-state index contributed by atoms with van der Waals surface area (Å²) in [5.74, 6) is -0.447. The molecule has 0 aliphatic rings. The molecule has 0 unspecified atom stereocenters. The molecule has 0 bridgehead atoms. The lowest BCUT2D eigenvalue weighted by Gasteiger charge is -1.90. The molecular weight excluding hydrogens is 184 g/mol. The number of hydrogen-bond donors (Lipinski definition) is 0. The minimum atomic E-state index is -0.447. The lowest BCUT2D eigenvalue weighted by Crippen LogP contribution is -1.97. The van der Waals surface area contributed by atoms with Gasteiger partial charge in [0.15, 0.2) is 6.29 Å². The lowest BCUT2D eigenvalue weighted by molar-refractivity contribution is -0.104. The van der Waals surface area contributed by atoms with Crippen LogP contribution in [0.1, 0.15) is 10.4 Å². The van der Waals surface area contributed by atoms with Gasteiger partial charge in [0, 0.05) is 21.0 Å². The maximum Gasteiger partial charge on any atom is 0.226 e. The van der Waals surface area contributed by atoms with Crippen molar-refractivity contribution in [1.29, 1.82) is 0 Å². The highest BCUT2D eigenvalue weighted by Crippen LogP contribution is 2.25. The smallest absolute Gasteiger partial charge is 0.226 e. The standard InChI is InChI=1S/C10H6O2S/c11-5-9(12)8-6-13-10-4-2-1-3-7(8)10/h1-6H. The summed E-state index contributed by atoms with van der Waals surface area (Å²) in [6.07, 6.45) is 0.356. The van der Waals surface area contributed by atoms with Gasteiger partial charge in [-0.1, -0.05) is 18.2 Å². The molecule has 0 saturated carbocycles. The van der Waals surface area contributed by atoms with Crippen LogP contribution >= 0.6 is 11.3 Å². The van der Waals surface area contributed by atoms with Crippen molar-refractivity contribution in [3.63, 3.8) is 0 Å². The number of thiophene rings is 1. The monoisotopic (exact) mass is 190 g/mol. The van der Waals surface area contributed by atoms with Crippen LogP contribution in [0, 0.1) is 0 Å². The van der Waals surface area contributed by atoms with Crippen LogP contribution in [0.4, 0.5) is 0 Å². The van der Waals surface area contributed by atoms with E-state index >= 15 is 0 Å². The van der Waals surface area contributed by atoms with Crippen molar-refractivity contribution in [3.8, 4) is 0 Å². The Bertz CT molecular complexity index is 470. The normalized spacial score (nSPS) is 10.2. The number of benzene rings is 1. The van der Waals surface area contributed by atoms with Crippen LogP contribution in [-0.4, -0.2) is 12.1 Å². The molecule has 0 radical (unpaired) electrons. The molecule has 0 saturated heterocycles. The molecular formula is C10H6O2S. The lowest BCUT2D eigenvalue weighted by atomic mass is 10.1. The Balaban J connectivity index is 2.71. The van der Waals surface area contributed by atoms with Crippen molar-refractivity contribution in [2.24, 2.45) is 0 Å². The number of aldehydes is 1. The van der Waals surface area contributed by atoms with Gasteiger partial charge in [0.2, 0.25) is 5.78 Å². The summed E-state index contributed by atoms with van der Waals surface area (Å²) in [6, 6.07) is 7.55. The van der Waals surface area contributed by atoms with Crippen LogP contribution < -0.4 is 0 Å². The van der Waals surface area contributed by atoms with E-state index in [1.807, 2.05) is 24.3 Å². The molecule has 2 aromatic rings. The molecule has 1 heterocycles. The molecule has 0 fully saturated rings. The summed E-state index contributed by atoms with van der Waals surface area (Å²) in [7, 11) is 0. The van der Waals surface area contributed by atoms with Gasteiger partial charge in [0.05, 0.1) is 0 Å².